The largest absolute Gasteiger partial charge is 0.480 e. The Hall–Kier alpha value is -2.70. The van der Waals surface area contributed by atoms with Gasteiger partial charge in [-0.15, -0.1) is 0 Å². The molecule has 0 unspecified atom stereocenters. The molecule has 0 aliphatic rings. The summed E-state index contributed by atoms with van der Waals surface area (Å²) in [4.78, 5) is 18.5. The summed E-state index contributed by atoms with van der Waals surface area (Å²) in [5.41, 5.74) is 0.625. The summed E-state index contributed by atoms with van der Waals surface area (Å²) in [6.07, 6.45) is 2.91. The van der Waals surface area contributed by atoms with Gasteiger partial charge in [0.25, 0.3) is 0 Å². The van der Waals surface area contributed by atoms with Crippen molar-refractivity contribution < 1.29 is 14.3 Å². The van der Waals surface area contributed by atoms with Gasteiger partial charge in [0.1, 0.15) is 12.4 Å². The van der Waals surface area contributed by atoms with Crippen molar-refractivity contribution in [2.45, 2.75) is 0 Å². The molecule has 0 saturated carbocycles. The van der Waals surface area contributed by atoms with Crippen LogP contribution in [0.2, 0.25) is 0 Å². The number of carboxylic acids is 1. The molecule has 0 aliphatic heterocycles. The van der Waals surface area contributed by atoms with Crippen LogP contribution in [0.15, 0.2) is 36.7 Å². The Morgan fingerprint density at radius 3 is 2.42 bits per heavy atom. The third-order valence-corrected chi connectivity index (χ3v) is 2.21. The molecule has 19 heavy (non-hydrogen) atoms. The molecule has 0 aliphatic carbocycles. The van der Waals surface area contributed by atoms with Crippen LogP contribution in [0.25, 0.3) is 0 Å². The zero-order chi connectivity index (χ0) is 13.7. The molecule has 1 heterocycles. The zero-order valence-electron chi connectivity index (χ0n) is 9.80. The van der Waals surface area contributed by atoms with Gasteiger partial charge in [0.05, 0.1) is 0 Å². The van der Waals surface area contributed by atoms with E-state index in [9.17, 15) is 9.18 Å². The van der Waals surface area contributed by atoms with E-state index in [1.165, 1.54) is 24.5 Å². The minimum atomic E-state index is -1.00. The summed E-state index contributed by atoms with van der Waals surface area (Å²) >= 11 is 0. The average molecular weight is 262 g/mol. The van der Waals surface area contributed by atoms with E-state index < -0.39 is 5.97 Å². The fraction of sp³-hybridized carbons (Fsp3) is 0.0833. The molecule has 0 radical (unpaired) electrons. The number of hydrogen-bond acceptors (Lipinski definition) is 5. The number of aromatic nitrogens is 2. The van der Waals surface area contributed by atoms with E-state index in [1.54, 1.807) is 12.1 Å². The number of nitrogens with zero attached hydrogens (tertiary/aromatic N) is 2. The first-order chi connectivity index (χ1) is 9.15. The molecule has 0 amide bonds. The number of carbonyl (C=O) groups is 1. The molecule has 2 rings (SSSR count). The molecule has 0 saturated heterocycles. The molecule has 0 fully saturated rings. The van der Waals surface area contributed by atoms with Gasteiger partial charge in [-0.25, -0.2) is 14.4 Å². The molecule has 3 N–H and O–H groups in total. The highest BCUT2D eigenvalue weighted by atomic mass is 19.1. The van der Waals surface area contributed by atoms with Crippen LogP contribution in [-0.2, 0) is 4.79 Å². The number of aliphatic carboxylic acids is 1. The molecular weight excluding hydrogens is 251 g/mol. The Morgan fingerprint density at radius 2 is 1.79 bits per heavy atom. The summed E-state index contributed by atoms with van der Waals surface area (Å²) in [5.74, 6) is -0.656. The van der Waals surface area contributed by atoms with Gasteiger partial charge in [0.15, 0.2) is 11.6 Å². The monoisotopic (exact) mass is 262 g/mol. The maximum absolute atomic E-state index is 12.8. The number of halogens is 1. The van der Waals surface area contributed by atoms with Gasteiger partial charge < -0.3 is 15.7 Å². The molecule has 0 atom stereocenters. The number of carboxylic acid groups (broad SMARTS) is 1. The first kappa shape index (κ1) is 12.7. The number of rotatable bonds is 5. The molecular formula is C12H11FN4O2. The van der Waals surface area contributed by atoms with E-state index in [-0.39, 0.29) is 12.4 Å². The summed E-state index contributed by atoms with van der Waals surface area (Å²) < 4.78 is 12.8. The molecule has 0 spiro atoms. The topological polar surface area (TPSA) is 87.1 Å². The fourth-order valence-corrected chi connectivity index (χ4v) is 1.39. The molecule has 2 aromatic rings. The lowest BCUT2D eigenvalue weighted by atomic mass is 10.3. The van der Waals surface area contributed by atoms with Crippen molar-refractivity contribution in [2.75, 3.05) is 17.2 Å². The van der Waals surface area contributed by atoms with Crippen molar-refractivity contribution in [3.8, 4) is 0 Å². The highest BCUT2D eigenvalue weighted by Crippen LogP contribution is 2.20. The van der Waals surface area contributed by atoms with E-state index in [4.69, 9.17) is 5.11 Å². The maximum atomic E-state index is 12.8. The van der Waals surface area contributed by atoms with Gasteiger partial charge in [-0.2, -0.15) is 0 Å². The average Bonchev–Trinajstić information content (AvgIpc) is 2.40. The van der Waals surface area contributed by atoms with Gasteiger partial charge >= 0.3 is 5.97 Å². The van der Waals surface area contributed by atoms with Gasteiger partial charge in [-0.1, -0.05) is 0 Å². The van der Waals surface area contributed by atoms with Gasteiger partial charge in [0, 0.05) is 18.1 Å². The van der Waals surface area contributed by atoms with E-state index >= 15 is 0 Å². The quantitative estimate of drug-likeness (QED) is 0.762. The van der Waals surface area contributed by atoms with Crippen LogP contribution < -0.4 is 10.6 Å². The molecule has 98 valence electrons. The molecule has 7 heteroatoms. The van der Waals surface area contributed by atoms with Crippen molar-refractivity contribution in [2.24, 2.45) is 0 Å². The predicted octanol–water partition coefficient (Wildman–Crippen LogP) is 1.86. The lowest BCUT2D eigenvalue weighted by Crippen LogP contribution is -2.14. The van der Waals surface area contributed by atoms with Crippen LogP contribution >= 0.6 is 0 Å². The molecule has 0 bridgehead atoms. The minimum Gasteiger partial charge on any atom is -0.480 e. The van der Waals surface area contributed by atoms with Crippen LogP contribution in [-0.4, -0.2) is 27.6 Å². The van der Waals surface area contributed by atoms with Crippen LogP contribution in [0.1, 0.15) is 0 Å². The maximum Gasteiger partial charge on any atom is 0.322 e. The lowest BCUT2D eigenvalue weighted by molar-refractivity contribution is -0.134. The van der Waals surface area contributed by atoms with E-state index in [0.717, 1.165) is 0 Å². The van der Waals surface area contributed by atoms with Gasteiger partial charge in [-0.3, -0.25) is 4.79 Å². The van der Waals surface area contributed by atoms with Crippen molar-refractivity contribution in [1.29, 1.82) is 0 Å². The highest BCUT2D eigenvalue weighted by Gasteiger charge is 2.06. The van der Waals surface area contributed by atoms with Gasteiger partial charge in [-0.05, 0) is 24.3 Å². The van der Waals surface area contributed by atoms with Crippen molar-refractivity contribution >= 4 is 23.3 Å². The summed E-state index contributed by atoms with van der Waals surface area (Å²) in [6, 6.07) is 5.71. The Kier molecular flexibility index (Phi) is 3.87. The second-order valence-corrected chi connectivity index (χ2v) is 3.63. The lowest BCUT2D eigenvalue weighted by Gasteiger charge is -2.10. The van der Waals surface area contributed by atoms with Crippen LogP contribution in [0.4, 0.5) is 21.7 Å². The van der Waals surface area contributed by atoms with Crippen molar-refractivity contribution in [3.05, 3.63) is 42.5 Å². The predicted molar refractivity (Wildman–Crippen MR) is 67.8 cm³/mol. The Labute approximate surface area is 108 Å². The second kappa shape index (κ2) is 5.76. The Bertz CT molecular complexity index is 574. The first-order valence-electron chi connectivity index (χ1n) is 5.44. The summed E-state index contributed by atoms with van der Waals surface area (Å²) in [5, 5.41) is 14.2. The van der Waals surface area contributed by atoms with Crippen molar-refractivity contribution in [1.82, 2.24) is 9.97 Å². The fourth-order valence-electron chi connectivity index (χ4n) is 1.39. The van der Waals surface area contributed by atoms with Gasteiger partial charge in [0.2, 0.25) is 0 Å². The van der Waals surface area contributed by atoms with Crippen LogP contribution in [0.3, 0.4) is 0 Å². The minimum absolute atomic E-state index is 0.267. The molecule has 6 nitrogen and oxygen atoms in total. The summed E-state index contributed by atoms with van der Waals surface area (Å²) in [7, 11) is 0. The number of nitrogens with one attached hydrogen (secondary N) is 2. The van der Waals surface area contributed by atoms with E-state index in [1.807, 2.05) is 0 Å². The SMILES string of the molecule is O=C(O)CNc1nccnc1Nc1ccc(F)cc1. The third-order valence-electron chi connectivity index (χ3n) is 2.21. The van der Waals surface area contributed by atoms with Crippen molar-refractivity contribution in [3.63, 3.8) is 0 Å². The number of anilines is 3. The highest BCUT2D eigenvalue weighted by molar-refractivity contribution is 5.75. The van der Waals surface area contributed by atoms with Crippen LogP contribution in [0, 0.1) is 5.82 Å². The van der Waals surface area contributed by atoms with E-state index in [2.05, 4.69) is 20.6 Å². The number of benzene rings is 1. The van der Waals surface area contributed by atoms with E-state index in [0.29, 0.717) is 17.3 Å². The Morgan fingerprint density at radius 1 is 1.16 bits per heavy atom. The number of hydrogen-bond donors (Lipinski definition) is 3. The zero-order valence-corrected chi connectivity index (χ0v) is 9.80. The second-order valence-electron chi connectivity index (χ2n) is 3.63. The smallest absolute Gasteiger partial charge is 0.322 e. The Balaban J connectivity index is 2.15. The normalized spacial score (nSPS) is 9.95. The molecule has 1 aromatic heterocycles. The summed E-state index contributed by atoms with van der Waals surface area (Å²) in [6.45, 7) is -0.267. The standard InChI is InChI=1S/C12H11FN4O2/c13-8-1-3-9(4-2-8)17-12-11(14-5-6-15-12)16-7-10(18)19/h1-6H,7H2,(H,14,16)(H,15,17)(H,18,19). The first-order valence-corrected chi connectivity index (χ1v) is 5.44. The van der Waals surface area contributed by atoms with Crippen LogP contribution in [0.5, 0.6) is 0 Å². The molecule has 1 aromatic carbocycles. The third kappa shape index (κ3) is 3.63.